The second-order valence-electron chi connectivity index (χ2n) is 5.23. The molecule has 20 heavy (non-hydrogen) atoms. The molecule has 0 bridgehead atoms. The van der Waals surface area contributed by atoms with Gasteiger partial charge in [-0.2, -0.15) is 13.2 Å². The number of carbonyl (C=O) groups is 1. The Hall–Kier alpha value is -0.820. The molecule has 1 aliphatic rings. The summed E-state index contributed by atoms with van der Waals surface area (Å²) in [7, 11) is 0. The van der Waals surface area contributed by atoms with E-state index in [-0.39, 0.29) is 19.1 Å². The highest BCUT2D eigenvalue weighted by molar-refractivity contribution is 5.79. The second-order valence-corrected chi connectivity index (χ2v) is 5.23. The summed E-state index contributed by atoms with van der Waals surface area (Å²) < 4.78 is 41.4. The first-order chi connectivity index (χ1) is 9.29. The van der Waals surface area contributed by atoms with Gasteiger partial charge in [0.05, 0.1) is 6.10 Å². The Balaban J connectivity index is 2.42. The standard InChI is InChI=1S/C13H22F3NO3/c1-2-17-12(11(18)19)6-3-5-10(9-12)20-8-4-7-13(14,15)16/h10,17H,2-9H2,1H3,(H,18,19). The summed E-state index contributed by atoms with van der Waals surface area (Å²) in [5, 5.41) is 12.3. The molecule has 1 aliphatic carbocycles. The zero-order valence-electron chi connectivity index (χ0n) is 11.6. The van der Waals surface area contributed by atoms with Crippen LogP contribution in [-0.2, 0) is 9.53 Å². The van der Waals surface area contributed by atoms with Crippen LogP contribution in [-0.4, -0.2) is 42.0 Å². The average Bonchev–Trinajstić information content (AvgIpc) is 2.34. The Morgan fingerprint density at radius 1 is 1.50 bits per heavy atom. The second kappa shape index (κ2) is 7.26. The van der Waals surface area contributed by atoms with E-state index >= 15 is 0 Å². The van der Waals surface area contributed by atoms with Crippen LogP contribution in [0.3, 0.4) is 0 Å². The Morgan fingerprint density at radius 3 is 2.75 bits per heavy atom. The van der Waals surface area contributed by atoms with Gasteiger partial charge in [0, 0.05) is 19.4 Å². The van der Waals surface area contributed by atoms with E-state index < -0.39 is 24.1 Å². The minimum absolute atomic E-state index is 0.0198. The number of halogens is 3. The molecule has 0 aliphatic heterocycles. The largest absolute Gasteiger partial charge is 0.480 e. The van der Waals surface area contributed by atoms with Crippen molar-refractivity contribution >= 4 is 5.97 Å². The van der Waals surface area contributed by atoms with E-state index in [0.717, 1.165) is 0 Å². The van der Waals surface area contributed by atoms with E-state index in [4.69, 9.17) is 4.74 Å². The Labute approximate surface area is 116 Å². The van der Waals surface area contributed by atoms with Crippen LogP contribution in [0.25, 0.3) is 0 Å². The van der Waals surface area contributed by atoms with Crippen molar-refractivity contribution in [1.82, 2.24) is 5.32 Å². The fourth-order valence-corrected chi connectivity index (χ4v) is 2.66. The molecular weight excluding hydrogens is 275 g/mol. The van der Waals surface area contributed by atoms with Crippen LogP contribution in [0.15, 0.2) is 0 Å². The van der Waals surface area contributed by atoms with Crippen molar-refractivity contribution in [3.8, 4) is 0 Å². The number of carboxylic acids is 1. The van der Waals surface area contributed by atoms with E-state index in [1.807, 2.05) is 6.92 Å². The molecule has 0 aromatic heterocycles. The topological polar surface area (TPSA) is 58.6 Å². The van der Waals surface area contributed by atoms with Crippen molar-refractivity contribution in [2.75, 3.05) is 13.2 Å². The van der Waals surface area contributed by atoms with Gasteiger partial charge in [-0.25, -0.2) is 0 Å². The maximum absolute atomic E-state index is 12.0. The molecular formula is C13H22F3NO3. The van der Waals surface area contributed by atoms with Crippen molar-refractivity contribution in [3.05, 3.63) is 0 Å². The van der Waals surface area contributed by atoms with Gasteiger partial charge in [0.1, 0.15) is 5.54 Å². The maximum Gasteiger partial charge on any atom is 0.389 e. The number of ether oxygens (including phenoxy) is 1. The maximum atomic E-state index is 12.0. The lowest BCUT2D eigenvalue weighted by Crippen LogP contribution is -2.56. The Kier molecular flexibility index (Phi) is 6.26. The normalized spacial score (nSPS) is 27.5. The van der Waals surface area contributed by atoms with Gasteiger partial charge < -0.3 is 15.2 Å². The smallest absolute Gasteiger partial charge is 0.389 e. The lowest BCUT2D eigenvalue weighted by molar-refractivity contribution is -0.149. The van der Waals surface area contributed by atoms with Gasteiger partial charge in [-0.1, -0.05) is 6.92 Å². The highest BCUT2D eigenvalue weighted by Crippen LogP contribution is 2.31. The SMILES string of the molecule is CCNC1(C(=O)O)CCCC(OCCCC(F)(F)F)C1. The molecule has 118 valence electrons. The minimum Gasteiger partial charge on any atom is -0.480 e. The molecule has 1 saturated carbocycles. The van der Waals surface area contributed by atoms with Crippen LogP contribution in [0.1, 0.15) is 45.4 Å². The van der Waals surface area contributed by atoms with Crippen molar-refractivity contribution in [2.45, 2.75) is 63.3 Å². The summed E-state index contributed by atoms with van der Waals surface area (Å²) in [6.07, 6.45) is -3.16. The van der Waals surface area contributed by atoms with Gasteiger partial charge in [-0.15, -0.1) is 0 Å². The van der Waals surface area contributed by atoms with E-state index in [0.29, 0.717) is 32.2 Å². The fraction of sp³-hybridized carbons (Fsp3) is 0.923. The van der Waals surface area contributed by atoms with Crippen LogP contribution in [0.4, 0.5) is 13.2 Å². The molecule has 0 aromatic rings. The molecule has 0 amide bonds. The summed E-state index contributed by atoms with van der Waals surface area (Å²) >= 11 is 0. The third-order valence-electron chi connectivity index (χ3n) is 3.59. The summed E-state index contributed by atoms with van der Waals surface area (Å²) in [5.74, 6) is -0.914. The van der Waals surface area contributed by atoms with Gasteiger partial charge >= 0.3 is 12.1 Å². The molecule has 2 unspecified atom stereocenters. The van der Waals surface area contributed by atoms with Gasteiger partial charge in [0.15, 0.2) is 0 Å². The molecule has 0 heterocycles. The van der Waals surface area contributed by atoms with Crippen molar-refractivity contribution in [1.29, 1.82) is 0 Å². The van der Waals surface area contributed by atoms with Gasteiger partial charge in [0.25, 0.3) is 0 Å². The zero-order chi connectivity index (χ0) is 15.2. The monoisotopic (exact) mass is 297 g/mol. The van der Waals surface area contributed by atoms with E-state index in [9.17, 15) is 23.1 Å². The number of hydrogen-bond donors (Lipinski definition) is 2. The lowest BCUT2D eigenvalue weighted by atomic mass is 9.80. The van der Waals surface area contributed by atoms with E-state index in [1.54, 1.807) is 0 Å². The highest BCUT2D eigenvalue weighted by atomic mass is 19.4. The van der Waals surface area contributed by atoms with Gasteiger partial charge in [0.2, 0.25) is 0 Å². The van der Waals surface area contributed by atoms with Crippen LogP contribution in [0.5, 0.6) is 0 Å². The summed E-state index contributed by atoms with van der Waals surface area (Å²) in [6, 6.07) is 0. The fourth-order valence-electron chi connectivity index (χ4n) is 2.66. The van der Waals surface area contributed by atoms with Crippen LogP contribution in [0.2, 0.25) is 0 Å². The predicted molar refractivity (Wildman–Crippen MR) is 67.5 cm³/mol. The predicted octanol–water partition coefficient (Wildman–Crippen LogP) is 2.72. The van der Waals surface area contributed by atoms with Crippen LogP contribution >= 0.6 is 0 Å². The molecule has 2 N–H and O–H groups in total. The molecule has 0 spiro atoms. The Morgan fingerprint density at radius 2 is 2.20 bits per heavy atom. The van der Waals surface area contributed by atoms with E-state index in [2.05, 4.69) is 5.32 Å². The van der Waals surface area contributed by atoms with Crippen LogP contribution < -0.4 is 5.32 Å². The van der Waals surface area contributed by atoms with Crippen molar-refractivity contribution in [2.24, 2.45) is 0 Å². The molecule has 4 nitrogen and oxygen atoms in total. The molecule has 2 atom stereocenters. The minimum atomic E-state index is -4.16. The molecule has 0 aromatic carbocycles. The third-order valence-corrected chi connectivity index (χ3v) is 3.59. The number of rotatable bonds is 7. The summed E-state index contributed by atoms with van der Waals surface area (Å²) in [5.41, 5.74) is -0.998. The number of hydrogen-bond acceptors (Lipinski definition) is 3. The number of aliphatic carboxylic acids is 1. The average molecular weight is 297 g/mol. The number of likely N-dealkylation sites (N-methyl/N-ethyl adjacent to an activating group) is 1. The first-order valence-corrected chi connectivity index (χ1v) is 6.96. The molecule has 7 heteroatoms. The third kappa shape index (κ3) is 5.28. The zero-order valence-corrected chi connectivity index (χ0v) is 11.6. The van der Waals surface area contributed by atoms with Crippen molar-refractivity contribution < 1.29 is 27.8 Å². The summed E-state index contributed by atoms with van der Waals surface area (Å²) in [4.78, 5) is 11.4. The Bertz CT molecular complexity index is 318. The first kappa shape index (κ1) is 17.2. The number of alkyl halides is 3. The van der Waals surface area contributed by atoms with Gasteiger partial charge in [-0.3, -0.25) is 4.79 Å². The highest BCUT2D eigenvalue weighted by Gasteiger charge is 2.42. The lowest BCUT2D eigenvalue weighted by Gasteiger charge is -2.38. The number of nitrogens with one attached hydrogen (secondary N) is 1. The summed E-state index contributed by atoms with van der Waals surface area (Å²) in [6.45, 7) is 2.39. The number of carboxylic acid groups (broad SMARTS) is 1. The van der Waals surface area contributed by atoms with Gasteiger partial charge in [-0.05, 0) is 32.2 Å². The van der Waals surface area contributed by atoms with Crippen LogP contribution in [0, 0.1) is 0 Å². The quantitative estimate of drug-likeness (QED) is 0.709. The molecule has 1 fully saturated rings. The first-order valence-electron chi connectivity index (χ1n) is 6.96. The van der Waals surface area contributed by atoms with E-state index in [1.165, 1.54) is 0 Å². The molecule has 0 saturated heterocycles. The molecule has 1 rings (SSSR count). The van der Waals surface area contributed by atoms with Crippen molar-refractivity contribution in [3.63, 3.8) is 0 Å². The molecule has 0 radical (unpaired) electrons.